The molecule has 0 aliphatic heterocycles. The maximum atomic E-state index is 10.0. The summed E-state index contributed by atoms with van der Waals surface area (Å²) in [6, 6.07) is 35.2. The van der Waals surface area contributed by atoms with Crippen LogP contribution >= 0.6 is 22.7 Å². The average Bonchev–Trinajstić information content (AvgIpc) is 3.54. The van der Waals surface area contributed by atoms with Gasteiger partial charge in [-0.15, -0.1) is 47.2 Å². The summed E-state index contributed by atoms with van der Waals surface area (Å²) >= 11 is 3.46. The fourth-order valence-electron chi connectivity index (χ4n) is 3.35. The SMILES string of the molecule is CC(=O)C=C(C)O.[Ir].[c-]1c(-c2ccccn2)sc2ccccc12.[c-]1c(-c2ccccn2)sc2ccccc12. The predicted molar refractivity (Wildman–Crippen MR) is 155 cm³/mol. The van der Waals surface area contributed by atoms with Gasteiger partial charge >= 0.3 is 0 Å². The Bertz CT molecular complexity index is 1450. The zero-order valence-corrected chi connectivity index (χ0v) is 24.7. The van der Waals surface area contributed by atoms with Crippen molar-refractivity contribution in [2.24, 2.45) is 0 Å². The van der Waals surface area contributed by atoms with Gasteiger partial charge in [-0.2, -0.15) is 0 Å². The molecule has 0 saturated heterocycles. The van der Waals surface area contributed by atoms with Crippen molar-refractivity contribution < 1.29 is 30.0 Å². The number of benzene rings is 2. The van der Waals surface area contributed by atoms with Crippen LogP contribution in [0.3, 0.4) is 0 Å². The van der Waals surface area contributed by atoms with Crippen molar-refractivity contribution in [3.05, 3.63) is 121 Å². The summed E-state index contributed by atoms with van der Waals surface area (Å²) < 4.78 is 2.52. The van der Waals surface area contributed by atoms with E-state index in [0.29, 0.717) is 0 Å². The standard InChI is InChI=1S/2C13H8NS.C5H8O2.Ir/c2*1-2-7-12-10(5-1)9-13(15-12)11-6-3-4-8-14-11;1-4(6)3-5(2)7;/h2*1-8H;3,6H,1-2H3;/q2*-1;;. The van der Waals surface area contributed by atoms with E-state index in [1.165, 1.54) is 40.1 Å². The van der Waals surface area contributed by atoms with E-state index < -0.39 is 0 Å². The Labute approximate surface area is 243 Å². The van der Waals surface area contributed by atoms with Gasteiger partial charge in [-0.25, -0.2) is 22.7 Å². The third-order valence-electron chi connectivity index (χ3n) is 4.90. The number of rotatable bonds is 3. The zero-order valence-electron chi connectivity index (χ0n) is 20.7. The molecule has 7 heteroatoms. The molecule has 0 spiro atoms. The third kappa shape index (κ3) is 8.27. The van der Waals surface area contributed by atoms with Crippen LogP contribution in [0, 0.1) is 12.1 Å². The number of ketones is 1. The third-order valence-corrected chi connectivity index (χ3v) is 7.08. The Balaban J connectivity index is 0.000000167. The summed E-state index contributed by atoms with van der Waals surface area (Å²) in [5.74, 6) is -0.0625. The molecule has 0 aliphatic rings. The molecule has 0 bridgehead atoms. The Kier molecular flexibility index (Phi) is 11.1. The first-order chi connectivity index (χ1) is 18.0. The van der Waals surface area contributed by atoms with Crippen LogP contribution in [0.2, 0.25) is 0 Å². The second-order valence-corrected chi connectivity index (χ2v) is 10.0. The van der Waals surface area contributed by atoms with Crippen LogP contribution in [-0.2, 0) is 24.9 Å². The number of aromatic nitrogens is 2. The number of aliphatic hydroxyl groups excluding tert-OH is 1. The summed E-state index contributed by atoms with van der Waals surface area (Å²) in [4.78, 5) is 20.9. The van der Waals surface area contributed by atoms with E-state index in [0.717, 1.165) is 21.1 Å². The number of allylic oxidation sites excluding steroid dienone is 2. The molecule has 0 aliphatic carbocycles. The van der Waals surface area contributed by atoms with Crippen LogP contribution in [-0.4, -0.2) is 20.9 Å². The summed E-state index contributed by atoms with van der Waals surface area (Å²) in [6.07, 6.45) is 4.79. The molecule has 4 aromatic heterocycles. The van der Waals surface area contributed by atoms with E-state index in [9.17, 15) is 4.79 Å². The summed E-state index contributed by atoms with van der Waals surface area (Å²) in [5, 5.41) is 10.7. The van der Waals surface area contributed by atoms with Gasteiger partial charge in [-0.05, 0) is 45.1 Å². The van der Waals surface area contributed by atoms with Gasteiger partial charge in [0.2, 0.25) is 0 Å². The Hall–Kier alpha value is -3.48. The molecule has 0 amide bonds. The van der Waals surface area contributed by atoms with Crippen LogP contribution < -0.4 is 0 Å². The molecular formula is C31H24IrN2O2S2-2. The molecule has 6 rings (SSSR count). The zero-order chi connectivity index (χ0) is 26.0. The van der Waals surface area contributed by atoms with Crippen molar-refractivity contribution in [2.45, 2.75) is 13.8 Å². The molecule has 1 radical (unpaired) electrons. The van der Waals surface area contributed by atoms with E-state index in [1.54, 1.807) is 22.7 Å². The topological polar surface area (TPSA) is 63.1 Å². The van der Waals surface area contributed by atoms with Crippen LogP contribution in [0.1, 0.15) is 13.8 Å². The van der Waals surface area contributed by atoms with Gasteiger partial charge in [0.25, 0.3) is 0 Å². The minimum atomic E-state index is -0.125. The van der Waals surface area contributed by atoms with E-state index in [2.05, 4.69) is 58.5 Å². The van der Waals surface area contributed by atoms with Gasteiger partial charge in [0.05, 0.1) is 5.76 Å². The quantitative estimate of drug-likeness (QED) is 0.114. The number of thiophene rings is 2. The van der Waals surface area contributed by atoms with Crippen molar-refractivity contribution in [2.75, 3.05) is 0 Å². The second kappa shape index (κ2) is 14.5. The Morgan fingerprint density at radius 3 is 1.45 bits per heavy atom. The monoisotopic (exact) mass is 713 g/mol. The van der Waals surface area contributed by atoms with Gasteiger partial charge in [0, 0.05) is 50.0 Å². The first-order valence-corrected chi connectivity index (χ1v) is 13.2. The fourth-order valence-corrected chi connectivity index (χ4v) is 5.32. The molecule has 38 heavy (non-hydrogen) atoms. The number of aliphatic hydroxyl groups is 1. The number of hydrogen-bond acceptors (Lipinski definition) is 6. The first kappa shape index (κ1) is 29.1. The van der Waals surface area contributed by atoms with E-state index in [1.807, 2.05) is 60.9 Å². The van der Waals surface area contributed by atoms with Crippen molar-refractivity contribution >= 4 is 48.6 Å². The maximum Gasteiger partial charge on any atom is 0.155 e. The summed E-state index contributed by atoms with van der Waals surface area (Å²) in [5.41, 5.74) is 2.00. The molecule has 1 N–H and O–H groups in total. The minimum Gasteiger partial charge on any atom is -0.512 e. The number of fused-ring (bicyclic) bond motifs is 2. The smallest absolute Gasteiger partial charge is 0.155 e. The molecule has 0 atom stereocenters. The summed E-state index contributed by atoms with van der Waals surface area (Å²) in [7, 11) is 0. The van der Waals surface area contributed by atoms with Gasteiger partial charge in [0.15, 0.2) is 5.78 Å². The number of nitrogens with zero attached hydrogens (tertiary/aromatic N) is 2. The Morgan fingerprint density at radius 2 is 1.13 bits per heavy atom. The fraction of sp³-hybridized carbons (Fsp3) is 0.0645. The molecular weight excluding hydrogens is 689 g/mol. The van der Waals surface area contributed by atoms with Crippen molar-refractivity contribution in [1.82, 2.24) is 9.97 Å². The summed E-state index contributed by atoms with van der Waals surface area (Å²) in [6.45, 7) is 2.85. The molecule has 4 heterocycles. The normalized spacial score (nSPS) is 10.5. The number of hydrogen-bond donors (Lipinski definition) is 1. The van der Waals surface area contributed by atoms with Crippen molar-refractivity contribution in [1.29, 1.82) is 0 Å². The van der Waals surface area contributed by atoms with Gasteiger partial charge < -0.3 is 15.1 Å². The van der Waals surface area contributed by atoms with Crippen molar-refractivity contribution in [3.63, 3.8) is 0 Å². The number of carbonyl (C=O) groups excluding carboxylic acids is 1. The minimum absolute atomic E-state index is 0. The number of carbonyl (C=O) groups is 1. The molecule has 6 aromatic rings. The van der Waals surface area contributed by atoms with Crippen LogP contribution in [0.25, 0.3) is 41.3 Å². The molecule has 0 saturated carbocycles. The average molecular weight is 713 g/mol. The Morgan fingerprint density at radius 1 is 0.711 bits per heavy atom. The van der Waals surface area contributed by atoms with E-state index in [-0.39, 0.29) is 31.6 Å². The molecule has 2 aromatic carbocycles. The maximum absolute atomic E-state index is 10.0. The second-order valence-electron chi connectivity index (χ2n) is 7.93. The molecule has 193 valence electrons. The predicted octanol–water partition coefficient (Wildman–Crippen LogP) is 8.56. The van der Waals surface area contributed by atoms with E-state index in [4.69, 9.17) is 5.11 Å². The number of pyridine rings is 2. The van der Waals surface area contributed by atoms with Crippen LogP contribution in [0.5, 0.6) is 0 Å². The van der Waals surface area contributed by atoms with Gasteiger partial charge in [-0.1, -0.05) is 48.5 Å². The van der Waals surface area contributed by atoms with Crippen molar-refractivity contribution in [3.8, 4) is 21.1 Å². The van der Waals surface area contributed by atoms with Crippen LogP contribution in [0.15, 0.2) is 109 Å². The largest absolute Gasteiger partial charge is 0.512 e. The molecule has 0 unspecified atom stereocenters. The van der Waals surface area contributed by atoms with E-state index >= 15 is 0 Å². The van der Waals surface area contributed by atoms with Crippen LogP contribution in [0.4, 0.5) is 0 Å². The first-order valence-electron chi connectivity index (χ1n) is 11.5. The van der Waals surface area contributed by atoms with Gasteiger partial charge in [-0.3, -0.25) is 4.79 Å². The molecule has 4 nitrogen and oxygen atoms in total. The molecule has 0 fully saturated rings. The van der Waals surface area contributed by atoms with Gasteiger partial charge in [0.1, 0.15) is 0 Å².